The molecule has 0 saturated carbocycles. The molecule has 5 rings (SSSR count). The highest BCUT2D eigenvalue weighted by Gasteiger charge is 2.19. The van der Waals surface area contributed by atoms with E-state index in [-0.39, 0.29) is 0 Å². The highest BCUT2D eigenvalue weighted by molar-refractivity contribution is 7.07. The van der Waals surface area contributed by atoms with E-state index in [9.17, 15) is 0 Å². The molecule has 2 aromatic carbocycles. The number of aromatic nitrogens is 3. The zero-order valence-electron chi connectivity index (χ0n) is 16.2. The van der Waals surface area contributed by atoms with E-state index >= 15 is 0 Å². The van der Waals surface area contributed by atoms with Crippen molar-refractivity contribution in [2.45, 2.75) is 13.0 Å². The summed E-state index contributed by atoms with van der Waals surface area (Å²) < 4.78 is 0. The molecule has 0 aliphatic carbocycles. The van der Waals surface area contributed by atoms with Crippen LogP contribution in [0.1, 0.15) is 12.1 Å². The van der Waals surface area contributed by atoms with E-state index < -0.39 is 0 Å². The summed E-state index contributed by atoms with van der Waals surface area (Å²) in [6.07, 6.45) is 1.10. The van der Waals surface area contributed by atoms with Crippen molar-refractivity contribution >= 4 is 28.2 Å². The maximum atomic E-state index is 5.02. The second-order valence-electron chi connectivity index (χ2n) is 7.35. The van der Waals surface area contributed by atoms with Crippen LogP contribution in [-0.4, -0.2) is 46.0 Å². The Balaban J connectivity index is 1.44. The van der Waals surface area contributed by atoms with E-state index in [1.165, 1.54) is 0 Å². The molecule has 1 aliphatic rings. The van der Waals surface area contributed by atoms with E-state index in [4.69, 9.17) is 9.97 Å². The Kier molecular flexibility index (Phi) is 5.19. The maximum Gasteiger partial charge on any atom is 0.226 e. The lowest BCUT2D eigenvalue weighted by Gasteiger charge is -2.22. The number of nitrogens with zero attached hydrogens (tertiary/aromatic N) is 5. The Bertz CT molecular complexity index is 1080. The molecule has 0 unspecified atom stereocenters. The van der Waals surface area contributed by atoms with Crippen LogP contribution in [-0.2, 0) is 6.54 Å². The SMILES string of the molecule is c1ccc(-c2nc(N3CCCN(Cc4cscn4)CC3)nc3ccccc23)cc1. The first-order valence-electron chi connectivity index (χ1n) is 10.0. The molecular formula is C23H23N5S. The smallest absolute Gasteiger partial charge is 0.226 e. The molecule has 29 heavy (non-hydrogen) atoms. The predicted molar refractivity (Wildman–Crippen MR) is 119 cm³/mol. The number of hydrogen-bond donors (Lipinski definition) is 0. The minimum absolute atomic E-state index is 0.832. The zero-order chi connectivity index (χ0) is 19.5. The van der Waals surface area contributed by atoms with Crippen molar-refractivity contribution in [2.24, 2.45) is 0 Å². The van der Waals surface area contributed by atoms with Crippen LogP contribution in [0.15, 0.2) is 65.5 Å². The van der Waals surface area contributed by atoms with E-state index in [0.29, 0.717) is 0 Å². The first-order valence-corrected chi connectivity index (χ1v) is 11.0. The molecule has 0 radical (unpaired) electrons. The Morgan fingerprint density at radius 3 is 2.59 bits per heavy atom. The van der Waals surface area contributed by atoms with Gasteiger partial charge < -0.3 is 4.90 Å². The number of para-hydroxylation sites is 1. The lowest BCUT2D eigenvalue weighted by atomic mass is 10.1. The van der Waals surface area contributed by atoms with Gasteiger partial charge in [0.25, 0.3) is 0 Å². The molecule has 6 heteroatoms. The third-order valence-electron chi connectivity index (χ3n) is 5.38. The number of thiazole rings is 1. The number of anilines is 1. The van der Waals surface area contributed by atoms with Crippen molar-refractivity contribution in [1.29, 1.82) is 0 Å². The van der Waals surface area contributed by atoms with Gasteiger partial charge in [0, 0.05) is 49.1 Å². The Morgan fingerprint density at radius 2 is 1.72 bits per heavy atom. The lowest BCUT2D eigenvalue weighted by Crippen LogP contribution is -2.31. The van der Waals surface area contributed by atoms with E-state index in [1.54, 1.807) is 11.3 Å². The Labute approximate surface area is 174 Å². The second kappa shape index (κ2) is 8.27. The summed E-state index contributed by atoms with van der Waals surface area (Å²) in [4.78, 5) is 19.2. The topological polar surface area (TPSA) is 45.2 Å². The molecule has 5 nitrogen and oxygen atoms in total. The van der Waals surface area contributed by atoms with Crippen LogP contribution in [0.3, 0.4) is 0 Å². The summed E-state index contributed by atoms with van der Waals surface area (Å²) in [6.45, 7) is 4.89. The van der Waals surface area contributed by atoms with Crippen molar-refractivity contribution in [3.05, 3.63) is 71.2 Å². The maximum absolute atomic E-state index is 5.02. The molecule has 1 saturated heterocycles. The third kappa shape index (κ3) is 3.99. The van der Waals surface area contributed by atoms with Crippen LogP contribution in [0.2, 0.25) is 0 Å². The van der Waals surface area contributed by atoms with Crippen LogP contribution in [0.5, 0.6) is 0 Å². The van der Waals surface area contributed by atoms with Crippen molar-refractivity contribution in [3.8, 4) is 11.3 Å². The first-order chi connectivity index (χ1) is 14.4. The average molecular weight is 402 g/mol. The minimum Gasteiger partial charge on any atom is -0.339 e. The summed E-state index contributed by atoms with van der Waals surface area (Å²) in [5.41, 5.74) is 6.21. The van der Waals surface area contributed by atoms with Crippen molar-refractivity contribution in [1.82, 2.24) is 19.9 Å². The number of rotatable bonds is 4. The molecular weight excluding hydrogens is 378 g/mol. The molecule has 4 aromatic rings. The van der Waals surface area contributed by atoms with Gasteiger partial charge in [-0.15, -0.1) is 11.3 Å². The Hall–Kier alpha value is -2.83. The zero-order valence-corrected chi connectivity index (χ0v) is 17.1. The summed E-state index contributed by atoms with van der Waals surface area (Å²) in [7, 11) is 0. The molecule has 2 aromatic heterocycles. The van der Waals surface area contributed by atoms with E-state index in [0.717, 1.165) is 72.9 Å². The van der Waals surface area contributed by atoms with Gasteiger partial charge in [0.1, 0.15) is 0 Å². The summed E-state index contributed by atoms with van der Waals surface area (Å²) >= 11 is 1.66. The number of fused-ring (bicyclic) bond motifs is 1. The van der Waals surface area contributed by atoms with Gasteiger partial charge in [0.15, 0.2) is 0 Å². The molecule has 0 amide bonds. The van der Waals surface area contributed by atoms with Crippen LogP contribution >= 0.6 is 11.3 Å². The van der Waals surface area contributed by atoms with E-state index in [2.05, 4.69) is 62.6 Å². The van der Waals surface area contributed by atoms with Gasteiger partial charge in [-0.05, 0) is 12.5 Å². The second-order valence-corrected chi connectivity index (χ2v) is 8.07. The number of benzene rings is 2. The fourth-order valence-electron chi connectivity index (χ4n) is 3.90. The highest BCUT2D eigenvalue weighted by atomic mass is 32.1. The monoisotopic (exact) mass is 401 g/mol. The van der Waals surface area contributed by atoms with Crippen LogP contribution in [0.25, 0.3) is 22.2 Å². The first kappa shape index (κ1) is 18.2. The molecule has 0 bridgehead atoms. The van der Waals surface area contributed by atoms with Crippen molar-refractivity contribution in [2.75, 3.05) is 31.1 Å². The molecule has 146 valence electrons. The molecule has 0 atom stereocenters. The van der Waals surface area contributed by atoms with Gasteiger partial charge in [-0.3, -0.25) is 4.90 Å². The Morgan fingerprint density at radius 1 is 0.862 bits per heavy atom. The molecule has 1 aliphatic heterocycles. The van der Waals surface area contributed by atoms with Gasteiger partial charge in [-0.1, -0.05) is 48.5 Å². The van der Waals surface area contributed by atoms with Gasteiger partial charge in [-0.25, -0.2) is 15.0 Å². The summed E-state index contributed by atoms with van der Waals surface area (Å²) in [6, 6.07) is 18.7. The molecule has 3 heterocycles. The largest absolute Gasteiger partial charge is 0.339 e. The normalized spacial score (nSPS) is 15.5. The third-order valence-corrected chi connectivity index (χ3v) is 6.01. The van der Waals surface area contributed by atoms with Gasteiger partial charge in [0.2, 0.25) is 5.95 Å². The van der Waals surface area contributed by atoms with Gasteiger partial charge in [0.05, 0.1) is 22.4 Å². The van der Waals surface area contributed by atoms with E-state index in [1.807, 2.05) is 17.6 Å². The fraction of sp³-hybridized carbons (Fsp3) is 0.261. The standard InChI is InChI=1S/C23H23N5S/c1-2-7-18(8-3-1)22-20-9-4-5-10-21(20)25-23(26-22)28-12-6-11-27(13-14-28)15-19-16-29-17-24-19/h1-5,7-10,16-17H,6,11-15H2. The number of hydrogen-bond acceptors (Lipinski definition) is 6. The quantitative estimate of drug-likeness (QED) is 0.505. The summed E-state index contributed by atoms with van der Waals surface area (Å²) in [5.74, 6) is 0.832. The molecule has 0 spiro atoms. The van der Waals surface area contributed by atoms with Crippen LogP contribution in [0.4, 0.5) is 5.95 Å². The van der Waals surface area contributed by atoms with Crippen LogP contribution < -0.4 is 4.90 Å². The lowest BCUT2D eigenvalue weighted by molar-refractivity contribution is 0.282. The molecule has 1 fully saturated rings. The molecule has 0 N–H and O–H groups in total. The fourth-order valence-corrected chi connectivity index (χ4v) is 4.45. The summed E-state index contributed by atoms with van der Waals surface area (Å²) in [5, 5.41) is 3.24. The van der Waals surface area contributed by atoms with Crippen LogP contribution in [0, 0.1) is 0 Å². The minimum atomic E-state index is 0.832. The van der Waals surface area contributed by atoms with Gasteiger partial charge >= 0.3 is 0 Å². The average Bonchev–Trinajstić information content (AvgIpc) is 3.17. The van der Waals surface area contributed by atoms with Gasteiger partial charge in [-0.2, -0.15) is 0 Å². The van der Waals surface area contributed by atoms with Crippen molar-refractivity contribution < 1.29 is 0 Å². The van der Waals surface area contributed by atoms with Crippen molar-refractivity contribution in [3.63, 3.8) is 0 Å². The highest BCUT2D eigenvalue weighted by Crippen LogP contribution is 2.28. The predicted octanol–water partition coefficient (Wildman–Crippen LogP) is 4.47.